The van der Waals surface area contributed by atoms with Gasteiger partial charge in [0.25, 0.3) is 11.8 Å². The molecule has 0 saturated heterocycles. The first-order chi connectivity index (χ1) is 15.9. The maximum atomic E-state index is 13.0. The van der Waals surface area contributed by atoms with Gasteiger partial charge in [-0.3, -0.25) is 9.59 Å². The molecule has 1 fully saturated rings. The number of nitrogens with two attached hydrogens (primary N) is 1. The van der Waals surface area contributed by atoms with Crippen LogP contribution < -0.4 is 21.1 Å². The first kappa shape index (κ1) is 22.1. The monoisotopic (exact) mass is 441 g/mol. The number of benzene rings is 3. The summed E-state index contributed by atoms with van der Waals surface area (Å²) in [4.78, 5) is 25.6. The predicted octanol–water partition coefficient (Wildman–Crippen LogP) is 4.66. The number of anilines is 2. The van der Waals surface area contributed by atoms with Crippen LogP contribution in [0.25, 0.3) is 11.6 Å². The van der Waals surface area contributed by atoms with Crippen molar-refractivity contribution in [2.24, 2.45) is 0 Å². The van der Waals surface area contributed by atoms with Gasteiger partial charge >= 0.3 is 0 Å². The maximum absolute atomic E-state index is 13.0. The Morgan fingerprint density at radius 3 is 2.33 bits per heavy atom. The first-order valence-electron chi connectivity index (χ1n) is 10.9. The third-order valence-electron chi connectivity index (χ3n) is 5.56. The number of rotatable bonds is 7. The molecule has 3 aromatic rings. The van der Waals surface area contributed by atoms with E-state index in [1.165, 1.54) is 0 Å². The number of hydrogen-bond donors (Lipinski definition) is 3. The lowest BCUT2D eigenvalue weighted by Crippen LogP contribution is -2.26. The number of carbonyl (C=O) groups excluding carboxylic acids is 2. The van der Waals surface area contributed by atoms with Gasteiger partial charge in [0.2, 0.25) is 0 Å². The fourth-order valence-corrected chi connectivity index (χ4v) is 3.52. The molecule has 33 heavy (non-hydrogen) atoms. The molecule has 0 heterocycles. The van der Waals surface area contributed by atoms with Crippen LogP contribution in [0.5, 0.6) is 5.75 Å². The standard InChI is InChI=1S/C27H27N3O3/c1-17-15-20(11-14-25(17)33-2)22(27(32)29-21-12-13-21)16-18-7-9-19(10-8-18)26(31)30-24-6-4-3-5-23(24)28/h3-11,14-16,21H,12-13,28H2,1-2H3,(H,29,32)(H,30,31)/b22-16+. The molecular weight excluding hydrogens is 414 g/mol. The van der Waals surface area contributed by atoms with Crippen molar-refractivity contribution in [3.63, 3.8) is 0 Å². The second-order valence-electron chi connectivity index (χ2n) is 8.15. The van der Waals surface area contributed by atoms with Gasteiger partial charge in [0.15, 0.2) is 0 Å². The first-order valence-corrected chi connectivity index (χ1v) is 10.9. The highest BCUT2D eigenvalue weighted by Gasteiger charge is 2.25. The molecule has 0 spiro atoms. The van der Waals surface area contributed by atoms with Crippen LogP contribution in [0, 0.1) is 6.92 Å². The molecule has 6 nitrogen and oxygen atoms in total. The summed E-state index contributed by atoms with van der Waals surface area (Å²) in [7, 11) is 1.63. The number of nitrogens with one attached hydrogen (secondary N) is 2. The molecule has 2 amide bonds. The molecule has 0 radical (unpaired) electrons. The third kappa shape index (κ3) is 5.41. The molecule has 0 aromatic heterocycles. The number of ether oxygens (including phenoxy) is 1. The van der Waals surface area contributed by atoms with Crippen LogP contribution in [0.15, 0.2) is 66.7 Å². The van der Waals surface area contributed by atoms with Crippen molar-refractivity contribution in [3.05, 3.63) is 89.0 Å². The summed E-state index contributed by atoms with van der Waals surface area (Å²) in [5, 5.41) is 5.89. The number of hydrogen-bond acceptors (Lipinski definition) is 4. The van der Waals surface area contributed by atoms with Crippen molar-refractivity contribution < 1.29 is 14.3 Å². The van der Waals surface area contributed by atoms with E-state index in [9.17, 15) is 9.59 Å². The van der Waals surface area contributed by atoms with Crippen molar-refractivity contribution in [2.45, 2.75) is 25.8 Å². The second kappa shape index (κ2) is 9.61. The van der Waals surface area contributed by atoms with Crippen LogP contribution in [-0.4, -0.2) is 25.0 Å². The van der Waals surface area contributed by atoms with Gasteiger partial charge in [-0.2, -0.15) is 0 Å². The summed E-state index contributed by atoms with van der Waals surface area (Å²) < 4.78 is 5.35. The predicted molar refractivity (Wildman–Crippen MR) is 132 cm³/mol. The van der Waals surface area contributed by atoms with Crippen molar-refractivity contribution >= 4 is 34.8 Å². The van der Waals surface area contributed by atoms with Crippen LogP contribution in [0.1, 0.15) is 39.9 Å². The molecule has 1 aliphatic rings. The average molecular weight is 442 g/mol. The highest BCUT2D eigenvalue weighted by Crippen LogP contribution is 2.27. The fourth-order valence-electron chi connectivity index (χ4n) is 3.52. The Bertz CT molecular complexity index is 1210. The topological polar surface area (TPSA) is 93.4 Å². The van der Waals surface area contributed by atoms with Crippen LogP contribution >= 0.6 is 0 Å². The molecule has 4 rings (SSSR count). The number of amides is 2. The number of carbonyl (C=O) groups is 2. The van der Waals surface area contributed by atoms with Crippen LogP contribution in [0.3, 0.4) is 0 Å². The van der Waals surface area contributed by atoms with Crippen LogP contribution in [0.4, 0.5) is 11.4 Å². The molecule has 4 N–H and O–H groups in total. The Kier molecular flexibility index (Phi) is 6.45. The molecule has 6 heteroatoms. The van der Waals surface area contributed by atoms with Gasteiger partial charge in [-0.25, -0.2) is 0 Å². The normalized spacial score (nSPS) is 13.3. The van der Waals surface area contributed by atoms with Gasteiger partial charge in [0.05, 0.1) is 18.5 Å². The minimum atomic E-state index is -0.249. The second-order valence-corrected chi connectivity index (χ2v) is 8.15. The van der Waals surface area contributed by atoms with Gasteiger partial charge in [-0.15, -0.1) is 0 Å². The van der Waals surface area contributed by atoms with Crippen LogP contribution in [0.2, 0.25) is 0 Å². The average Bonchev–Trinajstić information content (AvgIpc) is 3.63. The van der Waals surface area contributed by atoms with E-state index >= 15 is 0 Å². The molecule has 0 unspecified atom stereocenters. The van der Waals surface area contributed by atoms with E-state index in [1.807, 2.05) is 55.5 Å². The quantitative estimate of drug-likeness (QED) is 0.282. The van der Waals surface area contributed by atoms with E-state index in [0.29, 0.717) is 22.5 Å². The lowest BCUT2D eigenvalue weighted by molar-refractivity contribution is -0.115. The van der Waals surface area contributed by atoms with Crippen LogP contribution in [-0.2, 0) is 4.79 Å². The van der Waals surface area contributed by atoms with E-state index in [4.69, 9.17) is 10.5 Å². The summed E-state index contributed by atoms with van der Waals surface area (Å²) in [6, 6.07) is 20.2. The lowest BCUT2D eigenvalue weighted by atomic mass is 9.99. The van der Waals surface area contributed by atoms with Gasteiger partial charge in [0, 0.05) is 17.2 Å². The zero-order chi connectivity index (χ0) is 23.4. The van der Waals surface area contributed by atoms with Crippen molar-refractivity contribution in [3.8, 4) is 5.75 Å². The minimum absolute atomic E-state index is 0.108. The Hall–Kier alpha value is -4.06. The summed E-state index contributed by atoms with van der Waals surface area (Å²) in [6.07, 6.45) is 3.86. The third-order valence-corrected chi connectivity index (χ3v) is 5.56. The summed E-state index contributed by atoms with van der Waals surface area (Å²) in [6.45, 7) is 1.95. The largest absolute Gasteiger partial charge is 0.496 e. The van der Waals surface area contributed by atoms with Gasteiger partial charge in [-0.1, -0.05) is 30.3 Å². The van der Waals surface area contributed by atoms with Crippen molar-refractivity contribution in [1.82, 2.24) is 5.32 Å². The molecule has 1 saturated carbocycles. The van der Waals surface area contributed by atoms with Crippen molar-refractivity contribution in [2.75, 3.05) is 18.2 Å². The highest BCUT2D eigenvalue weighted by molar-refractivity contribution is 6.24. The van der Waals surface area contributed by atoms with Crippen molar-refractivity contribution in [1.29, 1.82) is 0 Å². The van der Waals surface area contributed by atoms with Gasteiger partial charge < -0.3 is 21.1 Å². The SMILES string of the molecule is COc1ccc(/C(=C\c2ccc(C(=O)Nc3ccccc3N)cc2)C(=O)NC2CC2)cc1C. The lowest BCUT2D eigenvalue weighted by Gasteiger charge is -2.12. The Labute approximate surface area is 193 Å². The minimum Gasteiger partial charge on any atom is -0.496 e. The van der Waals surface area contributed by atoms with Gasteiger partial charge in [0.1, 0.15) is 5.75 Å². The smallest absolute Gasteiger partial charge is 0.255 e. The van der Waals surface area contributed by atoms with E-state index in [1.54, 1.807) is 31.4 Å². The maximum Gasteiger partial charge on any atom is 0.255 e. The molecule has 0 bridgehead atoms. The van der Waals surface area contributed by atoms with E-state index in [0.717, 1.165) is 35.3 Å². The zero-order valence-corrected chi connectivity index (χ0v) is 18.7. The highest BCUT2D eigenvalue weighted by atomic mass is 16.5. The Morgan fingerprint density at radius 2 is 1.70 bits per heavy atom. The molecule has 0 atom stereocenters. The molecule has 1 aliphatic carbocycles. The summed E-state index contributed by atoms with van der Waals surface area (Å²) >= 11 is 0. The molecule has 0 aliphatic heterocycles. The fraction of sp³-hybridized carbons (Fsp3) is 0.185. The number of aryl methyl sites for hydroxylation is 1. The van der Waals surface area contributed by atoms with E-state index in [2.05, 4.69) is 10.6 Å². The molecule has 3 aromatic carbocycles. The molecule has 168 valence electrons. The number of nitrogen functional groups attached to an aromatic ring is 1. The summed E-state index contributed by atoms with van der Waals surface area (Å²) in [5.74, 6) is 0.416. The van der Waals surface area contributed by atoms with E-state index in [-0.39, 0.29) is 17.9 Å². The summed E-state index contributed by atoms with van der Waals surface area (Å²) in [5.41, 5.74) is 10.6. The Morgan fingerprint density at radius 1 is 1.00 bits per heavy atom. The molecular formula is C27H27N3O3. The number of para-hydroxylation sites is 2. The zero-order valence-electron chi connectivity index (χ0n) is 18.7. The van der Waals surface area contributed by atoms with E-state index < -0.39 is 0 Å². The Balaban J connectivity index is 1.59. The van der Waals surface area contributed by atoms with Gasteiger partial charge in [-0.05, 0) is 78.9 Å². The number of methoxy groups -OCH3 is 1.